The van der Waals surface area contributed by atoms with Crippen LogP contribution in [0.3, 0.4) is 0 Å². The van der Waals surface area contributed by atoms with Gasteiger partial charge in [0.25, 0.3) is 5.91 Å². The van der Waals surface area contributed by atoms with Crippen LogP contribution < -0.4 is 15.5 Å². The summed E-state index contributed by atoms with van der Waals surface area (Å²) >= 11 is 1.39. The Labute approximate surface area is 313 Å². The van der Waals surface area contributed by atoms with E-state index in [1.807, 2.05) is 42.7 Å². The van der Waals surface area contributed by atoms with Crippen LogP contribution in [-0.4, -0.2) is 83.6 Å². The third-order valence-electron chi connectivity index (χ3n) is 10.8. The van der Waals surface area contributed by atoms with Crippen molar-refractivity contribution in [2.24, 2.45) is 17.8 Å². The third-order valence-corrected chi connectivity index (χ3v) is 12.3. The number of rotatable bonds is 14. The topological polar surface area (TPSA) is 128 Å². The number of carbonyl (C=O) groups is 3. The zero-order valence-electron chi connectivity index (χ0n) is 31.9. The molecule has 2 fully saturated rings. The van der Waals surface area contributed by atoms with Crippen LogP contribution in [0.2, 0.25) is 0 Å². The van der Waals surface area contributed by atoms with E-state index in [0.717, 1.165) is 52.5 Å². The number of nitrogens with zero attached hydrogens (tertiary/aromatic N) is 4. The lowest BCUT2D eigenvalue weighted by Crippen LogP contribution is -2.54. The van der Waals surface area contributed by atoms with Gasteiger partial charge in [-0.05, 0) is 80.6 Å². The second-order valence-electron chi connectivity index (χ2n) is 16.2. The predicted octanol–water partition coefficient (Wildman–Crippen LogP) is 6.80. The molecule has 1 saturated carbocycles. The molecule has 2 atom stereocenters. The standard InChI is InChI=1S/C41H58N6O4S/c1-7-8-27-9-13-29(14-10-27)30-19-21-47(22-20-30)32-24-42-37(43-25-32)31-15-11-28(12-16-31)23-33(38(48)45-34(40(50)51)26-46(5)6)44-39(49)35-17-18-36(52-35)41(2,3)4/h11-12,15-18,24-25,27,29-30,33-34H,7-10,13-14,19-23,26H2,1-6H3,(H,44,49)(H,45,48)(H,50,51)/t27-,29-,33-,34?/m0/s1. The maximum absolute atomic E-state index is 13.5. The summed E-state index contributed by atoms with van der Waals surface area (Å²) in [5.41, 5.74) is 2.60. The van der Waals surface area contributed by atoms with Crippen LogP contribution in [0.15, 0.2) is 48.8 Å². The molecular formula is C41H58N6O4S. The van der Waals surface area contributed by atoms with Gasteiger partial charge in [0, 0.05) is 36.5 Å². The van der Waals surface area contributed by atoms with E-state index < -0.39 is 24.0 Å². The smallest absolute Gasteiger partial charge is 0.327 e. The molecule has 3 N–H and O–H groups in total. The molecule has 1 saturated heterocycles. The number of aromatic nitrogens is 2. The van der Waals surface area contributed by atoms with Crippen molar-refractivity contribution in [3.05, 3.63) is 64.1 Å². The number of hydrogen-bond donors (Lipinski definition) is 3. The fourth-order valence-electron chi connectivity index (χ4n) is 7.77. The Balaban J connectivity index is 1.21. The zero-order chi connectivity index (χ0) is 37.4. The molecule has 11 heteroatoms. The number of amides is 2. The third kappa shape index (κ3) is 10.6. The average Bonchev–Trinajstić information content (AvgIpc) is 3.64. The van der Waals surface area contributed by atoms with Gasteiger partial charge in [-0.25, -0.2) is 14.8 Å². The zero-order valence-corrected chi connectivity index (χ0v) is 32.7. The molecule has 0 spiro atoms. The van der Waals surface area contributed by atoms with E-state index in [4.69, 9.17) is 9.97 Å². The molecule has 10 nitrogen and oxygen atoms in total. The van der Waals surface area contributed by atoms with Crippen molar-refractivity contribution in [2.45, 2.75) is 103 Å². The minimum atomic E-state index is -1.14. The van der Waals surface area contributed by atoms with Gasteiger partial charge in [-0.3, -0.25) is 9.59 Å². The monoisotopic (exact) mass is 730 g/mol. The number of hydrogen-bond acceptors (Lipinski definition) is 8. The Kier molecular flexibility index (Phi) is 13.5. The van der Waals surface area contributed by atoms with Gasteiger partial charge in [0.05, 0.1) is 23.0 Å². The van der Waals surface area contributed by atoms with E-state index in [9.17, 15) is 19.5 Å². The van der Waals surface area contributed by atoms with E-state index in [0.29, 0.717) is 10.7 Å². The number of thiophene rings is 1. The van der Waals surface area contributed by atoms with Crippen molar-refractivity contribution in [1.82, 2.24) is 25.5 Å². The van der Waals surface area contributed by atoms with Crippen LogP contribution in [0.1, 0.15) is 99.2 Å². The fourth-order valence-corrected chi connectivity index (χ4v) is 8.74. The largest absolute Gasteiger partial charge is 0.480 e. The summed E-state index contributed by atoms with van der Waals surface area (Å²) in [7, 11) is 3.48. The SMILES string of the molecule is CCC[C@H]1CC[C@H](C2CCN(c3cnc(-c4ccc(C[C@H](NC(=O)c5ccc(C(C)(C)C)s5)C(=O)NC(CN(C)C)C(=O)O)cc4)nc3)CC2)CC1. The molecule has 3 heterocycles. The number of piperidine rings is 1. The summed E-state index contributed by atoms with van der Waals surface area (Å²) in [4.78, 5) is 53.9. The van der Waals surface area contributed by atoms with Gasteiger partial charge in [0.15, 0.2) is 5.82 Å². The van der Waals surface area contributed by atoms with Gasteiger partial charge >= 0.3 is 5.97 Å². The minimum absolute atomic E-state index is 0.115. The molecule has 282 valence electrons. The van der Waals surface area contributed by atoms with E-state index in [1.165, 1.54) is 62.7 Å². The Morgan fingerprint density at radius 1 is 0.904 bits per heavy atom. The summed E-state index contributed by atoms with van der Waals surface area (Å²) < 4.78 is 0. The molecule has 2 aromatic heterocycles. The summed E-state index contributed by atoms with van der Waals surface area (Å²) in [5.74, 6) is 1.24. The van der Waals surface area contributed by atoms with Crippen molar-refractivity contribution in [3.8, 4) is 11.4 Å². The number of carboxylic acid groups (broad SMARTS) is 1. The number of nitrogens with one attached hydrogen (secondary N) is 2. The Bertz CT molecular complexity index is 1620. The highest BCUT2D eigenvalue weighted by atomic mass is 32.1. The summed E-state index contributed by atoms with van der Waals surface area (Å²) in [5, 5.41) is 15.3. The highest BCUT2D eigenvalue weighted by Crippen LogP contribution is 2.39. The van der Waals surface area contributed by atoms with Crippen LogP contribution >= 0.6 is 11.3 Å². The first-order valence-corrected chi connectivity index (χ1v) is 19.9. The lowest BCUT2D eigenvalue weighted by Gasteiger charge is -2.39. The molecule has 0 bridgehead atoms. The van der Waals surface area contributed by atoms with Crippen molar-refractivity contribution >= 4 is 34.8 Å². The molecule has 1 aliphatic carbocycles. The van der Waals surface area contributed by atoms with Gasteiger partial charge in [-0.2, -0.15) is 0 Å². The lowest BCUT2D eigenvalue weighted by molar-refractivity contribution is -0.142. The fraction of sp³-hybridized carbons (Fsp3) is 0.585. The van der Waals surface area contributed by atoms with E-state index in [1.54, 1.807) is 25.1 Å². The maximum atomic E-state index is 13.5. The maximum Gasteiger partial charge on any atom is 0.327 e. The molecule has 1 aromatic carbocycles. The molecule has 52 heavy (non-hydrogen) atoms. The summed E-state index contributed by atoms with van der Waals surface area (Å²) in [6.45, 7) is 10.8. The molecule has 1 aliphatic heterocycles. The molecule has 3 aromatic rings. The number of aliphatic carboxylic acids is 1. The van der Waals surface area contributed by atoms with Crippen molar-refractivity contribution in [2.75, 3.05) is 38.6 Å². The molecule has 1 unspecified atom stereocenters. The second-order valence-corrected chi connectivity index (χ2v) is 17.2. The average molecular weight is 731 g/mol. The van der Waals surface area contributed by atoms with Gasteiger partial charge in [-0.1, -0.05) is 77.6 Å². The first-order valence-electron chi connectivity index (χ1n) is 19.1. The van der Waals surface area contributed by atoms with Gasteiger partial charge in [0.2, 0.25) is 5.91 Å². The predicted molar refractivity (Wildman–Crippen MR) is 209 cm³/mol. The second kappa shape index (κ2) is 17.8. The van der Waals surface area contributed by atoms with Crippen molar-refractivity contribution in [3.63, 3.8) is 0 Å². The van der Waals surface area contributed by atoms with Crippen LogP contribution in [0.4, 0.5) is 5.69 Å². The quantitative estimate of drug-likeness (QED) is 0.165. The van der Waals surface area contributed by atoms with Crippen LogP contribution in [0.5, 0.6) is 0 Å². The molecular weight excluding hydrogens is 673 g/mol. The number of anilines is 1. The molecule has 0 radical (unpaired) electrons. The first-order chi connectivity index (χ1) is 24.8. The van der Waals surface area contributed by atoms with E-state index in [-0.39, 0.29) is 24.3 Å². The molecule has 2 amide bonds. The van der Waals surface area contributed by atoms with E-state index in [2.05, 4.69) is 43.2 Å². The Morgan fingerprint density at radius 3 is 2.10 bits per heavy atom. The normalized spacial score (nSPS) is 19.6. The lowest BCUT2D eigenvalue weighted by atomic mass is 9.72. The van der Waals surface area contributed by atoms with Crippen LogP contribution in [0, 0.1) is 17.8 Å². The molecule has 5 rings (SSSR count). The van der Waals surface area contributed by atoms with Gasteiger partial charge in [-0.15, -0.1) is 11.3 Å². The molecule has 2 aliphatic rings. The Hall–Kier alpha value is -3.83. The summed E-state index contributed by atoms with van der Waals surface area (Å²) in [6.07, 6.45) is 14.9. The number of carbonyl (C=O) groups excluding carboxylic acids is 2. The highest BCUT2D eigenvalue weighted by Gasteiger charge is 2.31. The first kappa shape index (κ1) is 39.4. The van der Waals surface area contributed by atoms with Crippen LogP contribution in [0.25, 0.3) is 11.4 Å². The van der Waals surface area contributed by atoms with Crippen molar-refractivity contribution < 1.29 is 19.5 Å². The minimum Gasteiger partial charge on any atom is -0.480 e. The van der Waals surface area contributed by atoms with Crippen LogP contribution in [-0.2, 0) is 21.4 Å². The summed E-state index contributed by atoms with van der Waals surface area (Å²) in [6, 6.07) is 9.23. The highest BCUT2D eigenvalue weighted by molar-refractivity contribution is 7.14. The van der Waals surface area contributed by atoms with Gasteiger partial charge < -0.3 is 25.5 Å². The number of carboxylic acids is 1. The van der Waals surface area contributed by atoms with Crippen molar-refractivity contribution in [1.29, 1.82) is 0 Å². The van der Waals surface area contributed by atoms with Gasteiger partial charge in [0.1, 0.15) is 12.1 Å². The number of likely N-dealkylation sites (N-methyl/N-ethyl adjacent to an activating group) is 1. The number of benzene rings is 1. The van der Waals surface area contributed by atoms with E-state index >= 15 is 0 Å². The Morgan fingerprint density at radius 2 is 1.54 bits per heavy atom.